The van der Waals surface area contributed by atoms with E-state index < -0.39 is 0 Å². The van der Waals surface area contributed by atoms with Crippen LogP contribution in [0.25, 0.3) is 0 Å². The Morgan fingerprint density at radius 2 is 2.00 bits per heavy atom. The average Bonchev–Trinajstić information content (AvgIpc) is 2.56. The molecule has 0 saturated carbocycles. The lowest BCUT2D eigenvalue weighted by Gasteiger charge is -2.30. The molecular formula is C18H25NO4. The van der Waals surface area contributed by atoms with Crippen LogP contribution in [0.5, 0.6) is 11.5 Å². The summed E-state index contributed by atoms with van der Waals surface area (Å²) in [7, 11) is 0. The maximum atomic E-state index is 12.2. The summed E-state index contributed by atoms with van der Waals surface area (Å²) in [6.07, 6.45) is 6.40. The SMILES string of the molecule is CCCCCCCN1C(=O)COc2c(OCC)cc(C=O)cc21. The summed E-state index contributed by atoms with van der Waals surface area (Å²) in [5, 5.41) is 0. The fourth-order valence-corrected chi connectivity index (χ4v) is 2.75. The summed E-state index contributed by atoms with van der Waals surface area (Å²) >= 11 is 0. The lowest BCUT2D eigenvalue weighted by Crippen LogP contribution is -2.39. The molecule has 0 aromatic heterocycles. The molecule has 0 radical (unpaired) electrons. The van der Waals surface area contributed by atoms with Gasteiger partial charge < -0.3 is 14.4 Å². The number of carbonyl (C=O) groups excluding carboxylic acids is 2. The van der Waals surface area contributed by atoms with Crippen LogP contribution >= 0.6 is 0 Å². The Balaban J connectivity index is 2.20. The summed E-state index contributed by atoms with van der Waals surface area (Å²) < 4.78 is 11.1. The standard InChI is InChI=1S/C18H25NO4/c1-3-5-6-7-8-9-19-15-10-14(12-20)11-16(22-4-2)18(15)23-13-17(19)21/h10-12H,3-9,13H2,1-2H3. The maximum absolute atomic E-state index is 12.2. The third-order valence-corrected chi connectivity index (χ3v) is 3.91. The zero-order chi connectivity index (χ0) is 16.7. The van der Waals surface area contributed by atoms with Crippen LogP contribution in [-0.2, 0) is 4.79 Å². The first-order valence-corrected chi connectivity index (χ1v) is 8.40. The number of amides is 1. The first-order valence-electron chi connectivity index (χ1n) is 8.40. The second-order valence-electron chi connectivity index (χ2n) is 5.67. The van der Waals surface area contributed by atoms with Gasteiger partial charge in [0, 0.05) is 12.1 Å². The van der Waals surface area contributed by atoms with E-state index in [1.165, 1.54) is 19.3 Å². The van der Waals surface area contributed by atoms with Gasteiger partial charge in [-0.15, -0.1) is 0 Å². The van der Waals surface area contributed by atoms with Gasteiger partial charge in [-0.3, -0.25) is 9.59 Å². The molecule has 5 heteroatoms. The predicted molar refractivity (Wildman–Crippen MR) is 89.6 cm³/mol. The van der Waals surface area contributed by atoms with Gasteiger partial charge in [0.1, 0.15) is 6.29 Å². The summed E-state index contributed by atoms with van der Waals surface area (Å²) in [5.41, 5.74) is 1.13. The Kier molecular flexibility index (Phi) is 6.44. The molecule has 1 amide bonds. The van der Waals surface area contributed by atoms with Gasteiger partial charge in [-0.25, -0.2) is 0 Å². The van der Waals surface area contributed by atoms with Crippen LogP contribution in [0.3, 0.4) is 0 Å². The fourth-order valence-electron chi connectivity index (χ4n) is 2.75. The van der Waals surface area contributed by atoms with Crippen LogP contribution in [0.4, 0.5) is 5.69 Å². The smallest absolute Gasteiger partial charge is 0.265 e. The van der Waals surface area contributed by atoms with Gasteiger partial charge in [0.05, 0.1) is 12.3 Å². The van der Waals surface area contributed by atoms with E-state index in [2.05, 4.69) is 6.92 Å². The highest BCUT2D eigenvalue weighted by molar-refractivity contribution is 5.99. The molecule has 1 aliphatic heterocycles. The average molecular weight is 319 g/mol. The molecule has 0 fully saturated rings. The number of hydrogen-bond acceptors (Lipinski definition) is 4. The van der Waals surface area contributed by atoms with Gasteiger partial charge in [-0.2, -0.15) is 0 Å². The van der Waals surface area contributed by atoms with E-state index in [0.29, 0.717) is 35.9 Å². The number of ether oxygens (including phenoxy) is 2. The molecule has 1 aliphatic rings. The molecule has 5 nitrogen and oxygen atoms in total. The largest absolute Gasteiger partial charge is 0.490 e. The Morgan fingerprint density at radius 3 is 2.70 bits per heavy atom. The van der Waals surface area contributed by atoms with Crippen LogP contribution in [0.15, 0.2) is 12.1 Å². The second kappa shape index (κ2) is 8.56. The highest BCUT2D eigenvalue weighted by atomic mass is 16.5. The predicted octanol–water partition coefficient (Wildman–Crippen LogP) is 3.59. The molecule has 23 heavy (non-hydrogen) atoms. The number of hydrogen-bond donors (Lipinski definition) is 0. The van der Waals surface area contributed by atoms with Crippen LogP contribution in [0.2, 0.25) is 0 Å². The van der Waals surface area contributed by atoms with Crippen molar-refractivity contribution in [2.75, 3.05) is 24.7 Å². The molecule has 0 aliphatic carbocycles. The number of fused-ring (bicyclic) bond motifs is 1. The van der Waals surface area contributed by atoms with Crippen molar-refractivity contribution in [1.29, 1.82) is 0 Å². The van der Waals surface area contributed by atoms with E-state index in [1.54, 1.807) is 17.0 Å². The molecule has 0 N–H and O–H groups in total. The minimum atomic E-state index is -0.0708. The Bertz CT molecular complexity index is 556. The fraction of sp³-hybridized carbons (Fsp3) is 0.556. The summed E-state index contributed by atoms with van der Waals surface area (Å²) in [6.45, 7) is 5.19. The monoisotopic (exact) mass is 319 g/mol. The first kappa shape index (κ1) is 17.3. The van der Waals surface area contributed by atoms with Crippen molar-refractivity contribution < 1.29 is 19.1 Å². The summed E-state index contributed by atoms with van der Waals surface area (Å²) in [6, 6.07) is 3.36. The summed E-state index contributed by atoms with van der Waals surface area (Å²) in [4.78, 5) is 25.1. The van der Waals surface area contributed by atoms with E-state index in [1.807, 2.05) is 6.92 Å². The zero-order valence-electron chi connectivity index (χ0n) is 14.0. The number of benzene rings is 1. The molecule has 0 unspecified atom stereocenters. The number of aldehydes is 1. The lowest BCUT2D eigenvalue weighted by atomic mass is 10.1. The number of anilines is 1. The van der Waals surface area contributed by atoms with Gasteiger partial charge in [0.2, 0.25) is 0 Å². The normalized spacial score (nSPS) is 13.5. The van der Waals surface area contributed by atoms with Gasteiger partial charge in [-0.05, 0) is 25.5 Å². The van der Waals surface area contributed by atoms with E-state index in [4.69, 9.17) is 9.47 Å². The van der Waals surface area contributed by atoms with Gasteiger partial charge >= 0.3 is 0 Å². The molecule has 1 heterocycles. The maximum Gasteiger partial charge on any atom is 0.265 e. The van der Waals surface area contributed by atoms with E-state index in [9.17, 15) is 9.59 Å². The van der Waals surface area contributed by atoms with Crippen molar-refractivity contribution in [3.8, 4) is 11.5 Å². The molecule has 126 valence electrons. The third kappa shape index (κ3) is 4.24. The molecular weight excluding hydrogens is 294 g/mol. The molecule has 2 rings (SSSR count). The van der Waals surface area contributed by atoms with Crippen molar-refractivity contribution in [1.82, 2.24) is 0 Å². The molecule has 0 spiro atoms. The van der Waals surface area contributed by atoms with Crippen LogP contribution in [0.1, 0.15) is 56.3 Å². The van der Waals surface area contributed by atoms with Crippen molar-refractivity contribution in [3.05, 3.63) is 17.7 Å². The van der Waals surface area contributed by atoms with Gasteiger partial charge in [-0.1, -0.05) is 32.6 Å². The van der Waals surface area contributed by atoms with Crippen molar-refractivity contribution in [2.45, 2.75) is 46.0 Å². The Morgan fingerprint density at radius 1 is 1.22 bits per heavy atom. The van der Waals surface area contributed by atoms with Crippen molar-refractivity contribution in [2.24, 2.45) is 0 Å². The molecule has 0 atom stereocenters. The number of unbranched alkanes of at least 4 members (excludes halogenated alkanes) is 4. The molecule has 1 aromatic rings. The van der Waals surface area contributed by atoms with Crippen LogP contribution in [0, 0.1) is 0 Å². The number of nitrogens with zero attached hydrogens (tertiary/aromatic N) is 1. The Hall–Kier alpha value is -2.04. The highest BCUT2D eigenvalue weighted by Crippen LogP contribution is 2.41. The van der Waals surface area contributed by atoms with Gasteiger partial charge in [0.15, 0.2) is 18.1 Å². The van der Waals surface area contributed by atoms with Crippen LogP contribution in [-0.4, -0.2) is 32.0 Å². The van der Waals surface area contributed by atoms with Crippen molar-refractivity contribution >= 4 is 17.9 Å². The third-order valence-electron chi connectivity index (χ3n) is 3.91. The number of rotatable bonds is 9. The summed E-state index contributed by atoms with van der Waals surface area (Å²) in [5.74, 6) is 1.01. The minimum Gasteiger partial charge on any atom is -0.490 e. The quantitative estimate of drug-likeness (QED) is 0.515. The first-order chi connectivity index (χ1) is 11.2. The lowest BCUT2D eigenvalue weighted by molar-refractivity contribution is -0.121. The highest BCUT2D eigenvalue weighted by Gasteiger charge is 2.28. The van der Waals surface area contributed by atoms with Crippen molar-refractivity contribution in [3.63, 3.8) is 0 Å². The molecule has 0 saturated heterocycles. The number of carbonyl (C=O) groups is 2. The van der Waals surface area contributed by atoms with Gasteiger partial charge in [0.25, 0.3) is 5.91 Å². The topological polar surface area (TPSA) is 55.8 Å². The van der Waals surface area contributed by atoms with E-state index in [-0.39, 0.29) is 12.5 Å². The zero-order valence-corrected chi connectivity index (χ0v) is 14.0. The second-order valence-corrected chi connectivity index (χ2v) is 5.67. The molecule has 0 bridgehead atoms. The van der Waals surface area contributed by atoms with E-state index >= 15 is 0 Å². The Labute approximate surface area is 137 Å². The van der Waals surface area contributed by atoms with Crippen LogP contribution < -0.4 is 14.4 Å². The minimum absolute atomic E-state index is 0.0163. The van der Waals surface area contributed by atoms with E-state index in [0.717, 1.165) is 19.1 Å². The molecule has 1 aromatic carbocycles.